The van der Waals surface area contributed by atoms with Crippen molar-refractivity contribution in [1.29, 1.82) is 0 Å². The van der Waals surface area contributed by atoms with Gasteiger partial charge in [-0.25, -0.2) is 0 Å². The molecule has 2 aromatic carbocycles. The predicted molar refractivity (Wildman–Crippen MR) is 84.6 cm³/mol. The van der Waals surface area contributed by atoms with Gasteiger partial charge in [-0.15, -0.1) is 0 Å². The average Bonchev–Trinajstić information content (AvgIpc) is 2.58. The third-order valence-corrected chi connectivity index (χ3v) is 3.88. The van der Waals surface area contributed by atoms with Crippen LogP contribution in [-0.4, -0.2) is 31.1 Å². The number of amides is 1. The number of carbonyl (C=O) groups is 1. The van der Waals surface area contributed by atoms with E-state index in [9.17, 15) is 22.4 Å². The number of hydrogen-bond donors (Lipinski definition) is 1. The van der Waals surface area contributed by atoms with Gasteiger partial charge in [0, 0.05) is 24.4 Å². The highest BCUT2D eigenvalue weighted by molar-refractivity contribution is 6.01. The molecule has 0 aromatic heterocycles. The third kappa shape index (κ3) is 3.51. The standard InChI is InChI=1S/C17H14F4N2O3/c1-23-14(22-12-5-3-2-4-10(12)15(23)24)11-7-6-9(25-16(18)19)8-13(11)26-17(20)21/h2-8,14,16-17,22H,1H3/t14-/m1/s1. The van der Waals surface area contributed by atoms with Crippen molar-refractivity contribution in [3.63, 3.8) is 0 Å². The van der Waals surface area contributed by atoms with Gasteiger partial charge < -0.3 is 19.7 Å². The van der Waals surface area contributed by atoms with Crippen molar-refractivity contribution >= 4 is 11.6 Å². The Kier molecular flexibility index (Phi) is 4.88. The molecule has 0 unspecified atom stereocenters. The van der Waals surface area contributed by atoms with Gasteiger partial charge in [0.2, 0.25) is 0 Å². The molecule has 1 heterocycles. The maximum Gasteiger partial charge on any atom is 0.387 e. The maximum atomic E-state index is 12.8. The number of benzene rings is 2. The molecule has 1 amide bonds. The molecule has 0 saturated heterocycles. The van der Waals surface area contributed by atoms with Crippen molar-refractivity contribution < 1.29 is 31.8 Å². The van der Waals surface area contributed by atoms with Gasteiger partial charge >= 0.3 is 13.2 Å². The van der Waals surface area contributed by atoms with E-state index in [1.54, 1.807) is 24.3 Å². The van der Waals surface area contributed by atoms with Crippen LogP contribution >= 0.6 is 0 Å². The molecular formula is C17H14F4N2O3. The fraction of sp³-hybridized carbons (Fsp3) is 0.235. The number of alkyl halides is 4. The summed E-state index contributed by atoms with van der Waals surface area (Å²) >= 11 is 0. The number of fused-ring (bicyclic) bond motifs is 1. The molecule has 0 saturated carbocycles. The summed E-state index contributed by atoms with van der Waals surface area (Å²) < 4.78 is 58.9. The van der Waals surface area contributed by atoms with Gasteiger partial charge in [-0.3, -0.25) is 4.79 Å². The van der Waals surface area contributed by atoms with Gasteiger partial charge in [-0.05, 0) is 24.3 Å². The number of halogens is 4. The molecule has 0 radical (unpaired) electrons. The highest BCUT2D eigenvalue weighted by atomic mass is 19.3. The quantitative estimate of drug-likeness (QED) is 0.806. The van der Waals surface area contributed by atoms with Crippen LogP contribution in [0.3, 0.4) is 0 Å². The largest absolute Gasteiger partial charge is 0.435 e. The van der Waals surface area contributed by atoms with Gasteiger partial charge in [0.15, 0.2) is 0 Å². The molecule has 1 atom stereocenters. The fourth-order valence-electron chi connectivity index (χ4n) is 2.75. The predicted octanol–water partition coefficient (Wildman–Crippen LogP) is 4.09. The number of para-hydroxylation sites is 1. The van der Waals surface area contributed by atoms with Gasteiger partial charge in [0.05, 0.1) is 5.56 Å². The van der Waals surface area contributed by atoms with E-state index in [0.29, 0.717) is 11.3 Å². The molecule has 1 N–H and O–H groups in total. The van der Waals surface area contributed by atoms with Crippen molar-refractivity contribution in [2.45, 2.75) is 19.4 Å². The zero-order chi connectivity index (χ0) is 18.8. The van der Waals surface area contributed by atoms with E-state index < -0.39 is 19.4 Å². The highest BCUT2D eigenvalue weighted by Gasteiger charge is 2.32. The summed E-state index contributed by atoms with van der Waals surface area (Å²) in [6, 6.07) is 10.2. The summed E-state index contributed by atoms with van der Waals surface area (Å²) in [5, 5.41) is 3.06. The minimum atomic E-state index is -3.17. The number of rotatable bonds is 5. The number of nitrogens with zero attached hydrogens (tertiary/aromatic N) is 1. The Morgan fingerprint density at radius 3 is 2.42 bits per heavy atom. The molecule has 5 nitrogen and oxygen atoms in total. The van der Waals surface area contributed by atoms with E-state index in [1.807, 2.05) is 0 Å². The van der Waals surface area contributed by atoms with Crippen molar-refractivity contribution in [2.75, 3.05) is 12.4 Å². The second-order valence-corrected chi connectivity index (χ2v) is 5.47. The maximum absolute atomic E-state index is 12.8. The van der Waals surface area contributed by atoms with Crippen molar-refractivity contribution in [1.82, 2.24) is 4.90 Å². The molecule has 9 heteroatoms. The molecule has 0 bridgehead atoms. The Morgan fingerprint density at radius 1 is 1.04 bits per heavy atom. The second-order valence-electron chi connectivity index (χ2n) is 5.47. The summed E-state index contributed by atoms with van der Waals surface area (Å²) in [4.78, 5) is 13.8. The first kappa shape index (κ1) is 17.8. The lowest BCUT2D eigenvalue weighted by atomic mass is 10.0. The smallest absolute Gasteiger partial charge is 0.387 e. The molecular weight excluding hydrogens is 356 g/mol. The number of carbonyl (C=O) groups excluding carboxylic acids is 1. The van der Waals surface area contributed by atoms with Crippen LogP contribution < -0.4 is 14.8 Å². The number of hydrogen-bond acceptors (Lipinski definition) is 4. The first-order chi connectivity index (χ1) is 12.4. The molecule has 1 aliphatic rings. The monoisotopic (exact) mass is 370 g/mol. The van der Waals surface area contributed by atoms with E-state index >= 15 is 0 Å². The molecule has 0 fully saturated rings. The van der Waals surface area contributed by atoms with E-state index in [0.717, 1.165) is 6.07 Å². The first-order valence-electron chi connectivity index (χ1n) is 7.53. The summed E-state index contributed by atoms with van der Waals surface area (Å²) in [5.41, 5.74) is 1.13. The molecule has 0 spiro atoms. The van der Waals surface area contributed by atoms with E-state index in [1.165, 1.54) is 24.1 Å². The summed E-state index contributed by atoms with van der Waals surface area (Å²) in [6.45, 7) is -6.28. The topological polar surface area (TPSA) is 50.8 Å². The Bertz CT molecular complexity index is 816. The minimum absolute atomic E-state index is 0.178. The summed E-state index contributed by atoms with van der Waals surface area (Å²) in [6.07, 6.45) is -0.827. The highest BCUT2D eigenvalue weighted by Crippen LogP contribution is 2.38. The van der Waals surface area contributed by atoms with E-state index in [4.69, 9.17) is 0 Å². The fourth-order valence-corrected chi connectivity index (χ4v) is 2.75. The number of nitrogens with one attached hydrogen (secondary N) is 1. The molecule has 3 rings (SSSR count). The van der Waals surface area contributed by atoms with Crippen LogP contribution in [0.5, 0.6) is 11.5 Å². The molecule has 1 aliphatic heterocycles. The Morgan fingerprint density at radius 2 is 1.73 bits per heavy atom. The first-order valence-corrected chi connectivity index (χ1v) is 7.53. The normalized spacial score (nSPS) is 16.5. The van der Waals surface area contributed by atoms with Gasteiger partial charge in [-0.1, -0.05) is 12.1 Å². The lowest BCUT2D eigenvalue weighted by molar-refractivity contribution is -0.0549. The Labute approximate surface area is 146 Å². The third-order valence-electron chi connectivity index (χ3n) is 3.88. The van der Waals surface area contributed by atoms with Gasteiger partial charge in [-0.2, -0.15) is 17.6 Å². The van der Waals surface area contributed by atoms with Crippen LogP contribution in [0.1, 0.15) is 22.1 Å². The van der Waals surface area contributed by atoms with Crippen LogP contribution in [0.15, 0.2) is 42.5 Å². The number of ether oxygens (including phenoxy) is 2. The average molecular weight is 370 g/mol. The van der Waals surface area contributed by atoms with Crippen LogP contribution in [0.2, 0.25) is 0 Å². The molecule has 0 aliphatic carbocycles. The lowest BCUT2D eigenvalue weighted by Crippen LogP contribution is -2.40. The van der Waals surface area contributed by atoms with Crippen LogP contribution in [-0.2, 0) is 0 Å². The van der Waals surface area contributed by atoms with Crippen LogP contribution in [0, 0.1) is 0 Å². The SMILES string of the molecule is CN1C(=O)c2ccccc2N[C@H]1c1ccc(OC(F)F)cc1OC(F)F. The van der Waals surface area contributed by atoms with Crippen molar-refractivity contribution in [2.24, 2.45) is 0 Å². The van der Waals surface area contributed by atoms with Crippen LogP contribution in [0.4, 0.5) is 23.2 Å². The zero-order valence-electron chi connectivity index (χ0n) is 13.5. The zero-order valence-corrected chi connectivity index (χ0v) is 13.5. The summed E-state index contributed by atoms with van der Waals surface area (Å²) in [5.74, 6) is -1.01. The molecule has 2 aromatic rings. The van der Waals surface area contributed by atoms with Crippen molar-refractivity contribution in [3.8, 4) is 11.5 Å². The van der Waals surface area contributed by atoms with Gasteiger partial charge in [0.25, 0.3) is 5.91 Å². The Hall–Kier alpha value is -2.97. The molecule has 138 valence electrons. The minimum Gasteiger partial charge on any atom is -0.435 e. The Balaban J connectivity index is 2.01. The van der Waals surface area contributed by atoms with Gasteiger partial charge in [0.1, 0.15) is 17.7 Å². The van der Waals surface area contributed by atoms with Crippen molar-refractivity contribution in [3.05, 3.63) is 53.6 Å². The van der Waals surface area contributed by atoms with E-state index in [2.05, 4.69) is 14.8 Å². The summed E-state index contributed by atoms with van der Waals surface area (Å²) in [7, 11) is 1.49. The van der Waals surface area contributed by atoms with E-state index in [-0.39, 0.29) is 23.0 Å². The number of anilines is 1. The van der Waals surface area contributed by atoms with Crippen LogP contribution in [0.25, 0.3) is 0 Å². The molecule has 26 heavy (non-hydrogen) atoms. The second kappa shape index (κ2) is 7.11. The lowest BCUT2D eigenvalue weighted by Gasteiger charge is -2.36.